The number of carbonyl (C=O) groups excluding carboxylic acids is 1. The van der Waals surface area contributed by atoms with Gasteiger partial charge in [0, 0.05) is 38.8 Å². The van der Waals surface area contributed by atoms with Crippen molar-refractivity contribution in [3.05, 3.63) is 0 Å². The van der Waals surface area contributed by atoms with E-state index in [1.54, 1.807) is 0 Å². The zero-order valence-corrected chi connectivity index (χ0v) is 12.9. The number of ether oxygens (including phenoxy) is 2. The van der Waals surface area contributed by atoms with Crippen LogP contribution in [0.25, 0.3) is 0 Å². The zero-order valence-electron chi connectivity index (χ0n) is 12.9. The largest absolute Gasteiger partial charge is 0.379 e. The SMILES string of the molecule is CC1CN(C(=O)[C@@H]2CC[C@H](CN)O2)CC1N1CCOCC1. The van der Waals surface area contributed by atoms with E-state index in [0.717, 1.165) is 52.2 Å². The summed E-state index contributed by atoms with van der Waals surface area (Å²) in [5, 5.41) is 0. The smallest absolute Gasteiger partial charge is 0.251 e. The summed E-state index contributed by atoms with van der Waals surface area (Å²) in [5.41, 5.74) is 5.62. The Bertz CT molecular complexity index is 373. The summed E-state index contributed by atoms with van der Waals surface area (Å²) in [6, 6.07) is 0.463. The van der Waals surface area contributed by atoms with Gasteiger partial charge in [-0.3, -0.25) is 9.69 Å². The van der Waals surface area contributed by atoms with Crippen LogP contribution in [0.4, 0.5) is 0 Å². The predicted octanol–water partition coefficient (Wildman–Crippen LogP) is -0.328. The van der Waals surface area contributed by atoms with Crippen molar-refractivity contribution in [1.29, 1.82) is 0 Å². The summed E-state index contributed by atoms with van der Waals surface area (Å²) >= 11 is 0. The van der Waals surface area contributed by atoms with Crippen LogP contribution in [-0.2, 0) is 14.3 Å². The molecule has 0 saturated carbocycles. The minimum absolute atomic E-state index is 0.0639. The Morgan fingerprint density at radius 3 is 2.67 bits per heavy atom. The third kappa shape index (κ3) is 3.23. The zero-order chi connectivity index (χ0) is 14.8. The minimum atomic E-state index is -0.269. The molecular formula is C15H27N3O3. The molecule has 21 heavy (non-hydrogen) atoms. The van der Waals surface area contributed by atoms with Crippen LogP contribution in [0.1, 0.15) is 19.8 Å². The fourth-order valence-corrected chi connectivity index (χ4v) is 3.78. The maximum atomic E-state index is 12.6. The molecule has 6 heteroatoms. The van der Waals surface area contributed by atoms with Gasteiger partial charge in [0.1, 0.15) is 6.10 Å². The topological polar surface area (TPSA) is 68.0 Å². The van der Waals surface area contributed by atoms with Gasteiger partial charge in [0.25, 0.3) is 5.91 Å². The molecule has 0 bridgehead atoms. The Hall–Kier alpha value is -0.690. The van der Waals surface area contributed by atoms with Gasteiger partial charge in [0.2, 0.25) is 0 Å². The van der Waals surface area contributed by atoms with Crippen molar-refractivity contribution in [2.75, 3.05) is 45.9 Å². The Kier molecular flexibility index (Phi) is 4.78. The predicted molar refractivity (Wildman–Crippen MR) is 78.9 cm³/mol. The highest BCUT2D eigenvalue weighted by molar-refractivity contribution is 5.81. The second kappa shape index (κ2) is 6.60. The number of amides is 1. The number of hydrogen-bond donors (Lipinski definition) is 1. The van der Waals surface area contributed by atoms with E-state index in [9.17, 15) is 4.79 Å². The van der Waals surface area contributed by atoms with Gasteiger partial charge in [-0.15, -0.1) is 0 Å². The van der Waals surface area contributed by atoms with Gasteiger partial charge in [-0.05, 0) is 18.8 Å². The molecule has 1 amide bonds. The number of hydrogen-bond acceptors (Lipinski definition) is 5. The number of likely N-dealkylation sites (tertiary alicyclic amines) is 1. The molecule has 0 spiro atoms. The standard InChI is InChI=1S/C15H27N3O3/c1-11-9-18(10-13(11)17-4-6-20-7-5-17)15(19)14-3-2-12(8-16)21-14/h11-14H,2-10,16H2,1H3/t11?,12-,13?,14+/m1/s1. The molecule has 3 saturated heterocycles. The van der Waals surface area contributed by atoms with E-state index in [4.69, 9.17) is 15.2 Å². The van der Waals surface area contributed by atoms with Gasteiger partial charge in [-0.1, -0.05) is 6.92 Å². The quantitative estimate of drug-likeness (QED) is 0.773. The lowest BCUT2D eigenvalue weighted by atomic mass is 10.0. The molecule has 0 aromatic rings. The van der Waals surface area contributed by atoms with Crippen molar-refractivity contribution in [1.82, 2.24) is 9.80 Å². The van der Waals surface area contributed by atoms with Crippen molar-refractivity contribution >= 4 is 5.91 Å². The van der Waals surface area contributed by atoms with Crippen molar-refractivity contribution < 1.29 is 14.3 Å². The van der Waals surface area contributed by atoms with E-state index < -0.39 is 0 Å². The molecule has 120 valence electrons. The number of nitrogens with two attached hydrogens (primary N) is 1. The van der Waals surface area contributed by atoms with Gasteiger partial charge in [0.05, 0.1) is 19.3 Å². The average Bonchev–Trinajstić information content (AvgIpc) is 3.14. The van der Waals surface area contributed by atoms with Crippen molar-refractivity contribution in [3.8, 4) is 0 Å². The summed E-state index contributed by atoms with van der Waals surface area (Å²) in [6.07, 6.45) is 1.51. The van der Waals surface area contributed by atoms with Crippen LogP contribution in [0, 0.1) is 5.92 Å². The fourth-order valence-electron chi connectivity index (χ4n) is 3.78. The first-order valence-corrected chi connectivity index (χ1v) is 8.15. The van der Waals surface area contributed by atoms with Crippen molar-refractivity contribution in [3.63, 3.8) is 0 Å². The summed E-state index contributed by atoms with van der Waals surface area (Å²) in [4.78, 5) is 17.1. The molecule has 2 N–H and O–H groups in total. The second-order valence-electron chi connectivity index (χ2n) is 6.50. The lowest BCUT2D eigenvalue weighted by molar-refractivity contribution is -0.142. The van der Waals surface area contributed by atoms with Crippen molar-refractivity contribution in [2.24, 2.45) is 11.7 Å². The van der Waals surface area contributed by atoms with Crippen molar-refractivity contribution in [2.45, 2.75) is 38.0 Å². The van der Waals surface area contributed by atoms with Gasteiger partial charge in [-0.25, -0.2) is 0 Å². The Balaban J connectivity index is 1.56. The van der Waals surface area contributed by atoms with E-state index in [1.807, 2.05) is 4.90 Å². The molecule has 0 aromatic carbocycles. The number of carbonyl (C=O) groups is 1. The highest BCUT2D eigenvalue weighted by Crippen LogP contribution is 2.27. The molecule has 0 aliphatic carbocycles. The molecule has 3 aliphatic rings. The van der Waals surface area contributed by atoms with Crippen LogP contribution in [0.15, 0.2) is 0 Å². The first kappa shape index (κ1) is 15.2. The molecular weight excluding hydrogens is 270 g/mol. The number of morpholine rings is 1. The number of nitrogens with zero attached hydrogens (tertiary/aromatic N) is 2. The summed E-state index contributed by atoms with van der Waals surface area (Å²) in [7, 11) is 0. The highest BCUT2D eigenvalue weighted by atomic mass is 16.5. The van der Waals surface area contributed by atoms with Crippen LogP contribution >= 0.6 is 0 Å². The lowest BCUT2D eigenvalue weighted by Gasteiger charge is -2.34. The van der Waals surface area contributed by atoms with Crippen LogP contribution in [0.5, 0.6) is 0 Å². The van der Waals surface area contributed by atoms with Crippen LogP contribution < -0.4 is 5.73 Å². The molecule has 3 rings (SSSR count). The molecule has 3 fully saturated rings. The third-order valence-electron chi connectivity index (χ3n) is 5.04. The summed E-state index contributed by atoms with van der Waals surface area (Å²) in [5.74, 6) is 0.673. The van der Waals surface area contributed by atoms with E-state index in [2.05, 4.69) is 11.8 Å². The van der Waals surface area contributed by atoms with Gasteiger partial charge in [0.15, 0.2) is 0 Å². The number of rotatable bonds is 3. The fraction of sp³-hybridized carbons (Fsp3) is 0.933. The highest BCUT2D eigenvalue weighted by Gasteiger charge is 2.40. The van der Waals surface area contributed by atoms with E-state index >= 15 is 0 Å². The lowest BCUT2D eigenvalue weighted by Crippen LogP contribution is -2.47. The average molecular weight is 297 g/mol. The van der Waals surface area contributed by atoms with E-state index in [1.165, 1.54) is 0 Å². The Morgan fingerprint density at radius 1 is 1.24 bits per heavy atom. The monoisotopic (exact) mass is 297 g/mol. The molecule has 3 heterocycles. The molecule has 0 aromatic heterocycles. The van der Waals surface area contributed by atoms with Gasteiger partial charge >= 0.3 is 0 Å². The van der Waals surface area contributed by atoms with Crippen LogP contribution in [-0.4, -0.2) is 79.9 Å². The normalized spacial score (nSPS) is 38.1. The summed E-state index contributed by atoms with van der Waals surface area (Å²) < 4.78 is 11.2. The maximum absolute atomic E-state index is 12.6. The van der Waals surface area contributed by atoms with E-state index in [0.29, 0.717) is 18.5 Å². The second-order valence-corrected chi connectivity index (χ2v) is 6.50. The third-order valence-corrected chi connectivity index (χ3v) is 5.04. The molecule has 0 radical (unpaired) electrons. The molecule has 6 nitrogen and oxygen atoms in total. The van der Waals surface area contributed by atoms with Gasteiger partial charge in [-0.2, -0.15) is 0 Å². The Labute approximate surface area is 126 Å². The van der Waals surface area contributed by atoms with E-state index in [-0.39, 0.29) is 18.1 Å². The first-order chi connectivity index (χ1) is 10.2. The first-order valence-electron chi connectivity index (χ1n) is 8.15. The van der Waals surface area contributed by atoms with Crippen LogP contribution in [0.3, 0.4) is 0 Å². The molecule has 3 aliphatic heterocycles. The molecule has 4 atom stereocenters. The summed E-state index contributed by atoms with van der Waals surface area (Å²) in [6.45, 7) is 7.99. The molecule has 2 unspecified atom stereocenters. The van der Waals surface area contributed by atoms with Gasteiger partial charge < -0.3 is 20.1 Å². The Morgan fingerprint density at radius 2 is 2.00 bits per heavy atom. The minimum Gasteiger partial charge on any atom is -0.379 e. The maximum Gasteiger partial charge on any atom is 0.251 e. The van der Waals surface area contributed by atoms with Crippen LogP contribution in [0.2, 0.25) is 0 Å².